The van der Waals surface area contributed by atoms with Crippen LogP contribution in [0.25, 0.3) is 0 Å². The van der Waals surface area contributed by atoms with Crippen LogP contribution in [0.5, 0.6) is 0 Å². The van der Waals surface area contributed by atoms with Crippen molar-refractivity contribution in [1.82, 2.24) is 15.5 Å². The fourth-order valence-corrected chi connectivity index (χ4v) is 3.10. The summed E-state index contributed by atoms with van der Waals surface area (Å²) in [6, 6.07) is 5.14. The van der Waals surface area contributed by atoms with E-state index in [1.807, 2.05) is 6.92 Å². The van der Waals surface area contributed by atoms with Crippen LogP contribution in [-0.2, 0) is 4.79 Å². The third-order valence-electron chi connectivity index (χ3n) is 4.41. The van der Waals surface area contributed by atoms with Gasteiger partial charge in [0.2, 0.25) is 5.91 Å². The number of hydrogen-bond donors (Lipinski definition) is 2. The molecule has 3 amide bonds. The normalized spacial score (nSPS) is 20.6. The third kappa shape index (κ3) is 3.27. The van der Waals surface area contributed by atoms with E-state index in [4.69, 9.17) is 0 Å². The standard InChI is InChI=1S/C17H21N3O3/c1-11-4-5-13-14(7-11)17(23)20(16(13)22)10-15(21)19-9-12-3-2-6-18-8-12/h4-5,7,12,18H,2-3,6,8-10H2,1H3,(H,19,21). The molecule has 1 aromatic rings. The Morgan fingerprint density at radius 1 is 1.30 bits per heavy atom. The Kier molecular flexibility index (Phi) is 4.43. The number of nitrogens with one attached hydrogen (secondary N) is 2. The van der Waals surface area contributed by atoms with Gasteiger partial charge in [-0.2, -0.15) is 0 Å². The van der Waals surface area contributed by atoms with Crippen molar-refractivity contribution in [2.75, 3.05) is 26.2 Å². The first-order valence-electron chi connectivity index (χ1n) is 8.00. The molecule has 0 spiro atoms. The lowest BCUT2D eigenvalue weighted by molar-refractivity contribution is -0.121. The average Bonchev–Trinajstić information content (AvgIpc) is 2.78. The molecule has 0 bridgehead atoms. The molecular weight excluding hydrogens is 294 g/mol. The number of aryl methyl sites for hydroxylation is 1. The molecule has 6 heteroatoms. The molecule has 6 nitrogen and oxygen atoms in total. The van der Waals surface area contributed by atoms with Gasteiger partial charge in [0.1, 0.15) is 6.54 Å². The van der Waals surface area contributed by atoms with Crippen LogP contribution in [0.1, 0.15) is 39.1 Å². The minimum atomic E-state index is -0.389. The highest BCUT2D eigenvalue weighted by Gasteiger charge is 2.36. The lowest BCUT2D eigenvalue weighted by Crippen LogP contribution is -2.43. The fraction of sp³-hybridized carbons (Fsp3) is 0.471. The molecule has 0 aliphatic carbocycles. The van der Waals surface area contributed by atoms with Crippen molar-refractivity contribution in [3.8, 4) is 0 Å². The summed E-state index contributed by atoms with van der Waals surface area (Å²) >= 11 is 0. The Bertz CT molecular complexity index is 650. The summed E-state index contributed by atoms with van der Waals surface area (Å²) in [5.74, 6) is -0.651. The summed E-state index contributed by atoms with van der Waals surface area (Å²) in [6.07, 6.45) is 2.19. The zero-order chi connectivity index (χ0) is 16.4. The van der Waals surface area contributed by atoms with Crippen molar-refractivity contribution >= 4 is 17.7 Å². The van der Waals surface area contributed by atoms with Gasteiger partial charge >= 0.3 is 0 Å². The lowest BCUT2D eigenvalue weighted by atomic mass is 10.00. The first-order chi connectivity index (χ1) is 11.1. The summed E-state index contributed by atoms with van der Waals surface area (Å²) in [5.41, 5.74) is 1.69. The number of imide groups is 1. The summed E-state index contributed by atoms with van der Waals surface area (Å²) in [7, 11) is 0. The van der Waals surface area contributed by atoms with Crippen LogP contribution in [0.3, 0.4) is 0 Å². The van der Waals surface area contributed by atoms with Gasteiger partial charge < -0.3 is 10.6 Å². The number of carbonyl (C=O) groups excluding carboxylic acids is 3. The van der Waals surface area contributed by atoms with Gasteiger partial charge in [-0.3, -0.25) is 19.3 Å². The van der Waals surface area contributed by atoms with Gasteiger partial charge in [-0.05, 0) is 50.9 Å². The monoisotopic (exact) mass is 315 g/mol. The zero-order valence-corrected chi connectivity index (χ0v) is 13.2. The molecule has 0 aromatic heterocycles. The minimum Gasteiger partial charge on any atom is -0.354 e. The van der Waals surface area contributed by atoms with E-state index in [-0.39, 0.29) is 24.3 Å². The summed E-state index contributed by atoms with van der Waals surface area (Å²) in [4.78, 5) is 37.7. The van der Waals surface area contributed by atoms with Crippen LogP contribution in [-0.4, -0.2) is 48.8 Å². The predicted octanol–water partition coefficient (Wildman–Crippen LogP) is 0.707. The Hall–Kier alpha value is -2.21. The zero-order valence-electron chi connectivity index (χ0n) is 13.2. The van der Waals surface area contributed by atoms with Crippen LogP contribution >= 0.6 is 0 Å². The highest BCUT2D eigenvalue weighted by molar-refractivity contribution is 6.22. The molecule has 2 aliphatic heterocycles. The number of hydrogen-bond acceptors (Lipinski definition) is 4. The largest absolute Gasteiger partial charge is 0.354 e. The van der Waals surface area contributed by atoms with Gasteiger partial charge in [-0.15, -0.1) is 0 Å². The molecule has 1 aromatic carbocycles. The molecule has 23 heavy (non-hydrogen) atoms. The molecule has 0 radical (unpaired) electrons. The van der Waals surface area contributed by atoms with Gasteiger partial charge in [0.25, 0.3) is 11.8 Å². The summed E-state index contributed by atoms with van der Waals surface area (Å²) in [6.45, 7) is 4.15. The third-order valence-corrected chi connectivity index (χ3v) is 4.41. The Labute approximate surface area is 135 Å². The maximum absolute atomic E-state index is 12.3. The van der Waals surface area contributed by atoms with E-state index >= 15 is 0 Å². The number of piperidine rings is 1. The van der Waals surface area contributed by atoms with E-state index in [9.17, 15) is 14.4 Å². The van der Waals surface area contributed by atoms with Crippen molar-refractivity contribution in [1.29, 1.82) is 0 Å². The van der Waals surface area contributed by atoms with Gasteiger partial charge in [-0.25, -0.2) is 0 Å². The topological polar surface area (TPSA) is 78.5 Å². The molecular formula is C17H21N3O3. The quantitative estimate of drug-likeness (QED) is 0.802. The molecule has 1 atom stereocenters. The predicted molar refractivity (Wildman–Crippen MR) is 85.1 cm³/mol. The second-order valence-electron chi connectivity index (χ2n) is 6.26. The number of fused-ring (bicyclic) bond motifs is 1. The molecule has 1 saturated heterocycles. The second-order valence-corrected chi connectivity index (χ2v) is 6.26. The maximum atomic E-state index is 12.3. The molecule has 0 saturated carbocycles. The molecule has 3 rings (SSSR count). The van der Waals surface area contributed by atoms with E-state index in [1.54, 1.807) is 18.2 Å². The number of amides is 3. The molecule has 2 aliphatic rings. The Morgan fingerprint density at radius 3 is 2.83 bits per heavy atom. The number of nitrogens with zero attached hydrogens (tertiary/aromatic N) is 1. The smallest absolute Gasteiger partial charge is 0.262 e. The Morgan fingerprint density at radius 2 is 2.09 bits per heavy atom. The average molecular weight is 315 g/mol. The van der Waals surface area contributed by atoms with Crippen LogP contribution in [0.4, 0.5) is 0 Å². The van der Waals surface area contributed by atoms with Crippen molar-refractivity contribution in [3.63, 3.8) is 0 Å². The summed E-state index contributed by atoms with van der Waals surface area (Å²) < 4.78 is 0. The van der Waals surface area contributed by atoms with Gasteiger partial charge in [0, 0.05) is 6.54 Å². The molecule has 122 valence electrons. The number of rotatable bonds is 4. The van der Waals surface area contributed by atoms with Crippen LogP contribution in [0.15, 0.2) is 18.2 Å². The van der Waals surface area contributed by atoms with E-state index in [1.165, 1.54) is 0 Å². The lowest BCUT2D eigenvalue weighted by Gasteiger charge is -2.23. The minimum absolute atomic E-state index is 0.217. The van der Waals surface area contributed by atoms with Crippen LogP contribution < -0.4 is 10.6 Å². The van der Waals surface area contributed by atoms with Crippen molar-refractivity contribution in [2.24, 2.45) is 5.92 Å². The van der Waals surface area contributed by atoms with E-state index in [2.05, 4.69) is 10.6 Å². The molecule has 1 unspecified atom stereocenters. The fourth-order valence-electron chi connectivity index (χ4n) is 3.10. The second kappa shape index (κ2) is 6.50. The summed E-state index contributed by atoms with van der Waals surface area (Å²) in [5, 5.41) is 6.13. The highest BCUT2D eigenvalue weighted by atomic mass is 16.2. The number of benzene rings is 1. The number of carbonyl (C=O) groups is 3. The first kappa shape index (κ1) is 15.7. The SMILES string of the molecule is Cc1ccc2c(c1)C(=O)N(CC(=O)NCC1CCCNC1)C2=O. The van der Waals surface area contributed by atoms with Gasteiger partial charge in [-0.1, -0.05) is 11.6 Å². The van der Waals surface area contributed by atoms with Gasteiger partial charge in [0.05, 0.1) is 11.1 Å². The van der Waals surface area contributed by atoms with E-state index < -0.39 is 0 Å². The molecule has 1 fully saturated rings. The van der Waals surface area contributed by atoms with Crippen molar-refractivity contribution < 1.29 is 14.4 Å². The highest BCUT2D eigenvalue weighted by Crippen LogP contribution is 2.23. The van der Waals surface area contributed by atoms with E-state index in [0.717, 1.165) is 36.4 Å². The maximum Gasteiger partial charge on any atom is 0.262 e. The van der Waals surface area contributed by atoms with Gasteiger partial charge in [0.15, 0.2) is 0 Å². The molecule has 2 heterocycles. The van der Waals surface area contributed by atoms with E-state index in [0.29, 0.717) is 23.6 Å². The van der Waals surface area contributed by atoms with Crippen LogP contribution in [0.2, 0.25) is 0 Å². The van der Waals surface area contributed by atoms with Crippen molar-refractivity contribution in [2.45, 2.75) is 19.8 Å². The first-order valence-corrected chi connectivity index (χ1v) is 8.00. The molecule has 2 N–H and O–H groups in total. The Balaban J connectivity index is 1.59. The van der Waals surface area contributed by atoms with Crippen LogP contribution in [0, 0.1) is 12.8 Å². The van der Waals surface area contributed by atoms with Crippen molar-refractivity contribution in [3.05, 3.63) is 34.9 Å².